The molecular weight excluding hydrogens is 430 g/mol. The van der Waals surface area contributed by atoms with Crippen LogP contribution in [0.2, 0.25) is 0 Å². The van der Waals surface area contributed by atoms with E-state index in [4.69, 9.17) is 4.74 Å². The van der Waals surface area contributed by atoms with E-state index in [1.807, 2.05) is 62.9 Å². The highest BCUT2D eigenvalue weighted by molar-refractivity contribution is 5.99. The number of nitrogens with zero attached hydrogens (tertiary/aromatic N) is 4. The molecule has 2 aromatic rings. The highest BCUT2D eigenvalue weighted by atomic mass is 16.5. The zero-order valence-electron chi connectivity index (χ0n) is 20.2. The average molecular weight is 462 g/mol. The first-order chi connectivity index (χ1) is 16.3. The zero-order valence-corrected chi connectivity index (χ0v) is 20.2. The van der Waals surface area contributed by atoms with Crippen molar-refractivity contribution in [1.29, 1.82) is 5.26 Å². The molecule has 1 fully saturated rings. The minimum Gasteiger partial charge on any atom is -0.445 e. The van der Waals surface area contributed by atoms with E-state index in [2.05, 4.69) is 22.9 Å². The van der Waals surface area contributed by atoms with Crippen molar-refractivity contribution < 1.29 is 14.3 Å². The third kappa shape index (κ3) is 5.37. The third-order valence-corrected chi connectivity index (χ3v) is 5.85. The van der Waals surface area contributed by atoms with Crippen LogP contribution in [0.4, 0.5) is 16.3 Å². The second-order valence-electron chi connectivity index (χ2n) is 8.44. The molecule has 0 radical (unpaired) electrons. The van der Waals surface area contributed by atoms with Crippen LogP contribution in [0.3, 0.4) is 0 Å². The summed E-state index contributed by atoms with van der Waals surface area (Å²) in [5.41, 5.74) is 3.84. The van der Waals surface area contributed by atoms with Gasteiger partial charge in [0.1, 0.15) is 24.5 Å². The number of aryl methyl sites for hydroxylation is 3. The van der Waals surface area contributed by atoms with Crippen LogP contribution >= 0.6 is 0 Å². The summed E-state index contributed by atoms with van der Waals surface area (Å²) >= 11 is 0. The van der Waals surface area contributed by atoms with Crippen molar-refractivity contribution in [2.75, 3.05) is 29.5 Å². The van der Waals surface area contributed by atoms with Crippen molar-refractivity contribution in [1.82, 2.24) is 10.3 Å². The molecule has 1 aliphatic heterocycles. The highest BCUT2D eigenvalue weighted by Crippen LogP contribution is 2.31. The summed E-state index contributed by atoms with van der Waals surface area (Å²) in [6, 6.07) is 10.9. The molecule has 8 nitrogen and oxygen atoms in total. The van der Waals surface area contributed by atoms with Crippen LogP contribution < -0.4 is 15.1 Å². The maximum Gasteiger partial charge on any atom is 0.407 e. The first kappa shape index (κ1) is 24.8. The van der Waals surface area contributed by atoms with Crippen LogP contribution in [0, 0.1) is 32.1 Å². The molecule has 1 N–H and O–H groups in total. The molecule has 2 atom stereocenters. The number of carbonyl (C=O) groups excluding carboxylic acids is 2. The van der Waals surface area contributed by atoms with E-state index in [9.17, 15) is 14.9 Å². The van der Waals surface area contributed by atoms with Gasteiger partial charge in [-0.2, -0.15) is 5.26 Å². The van der Waals surface area contributed by atoms with Crippen LogP contribution in [0.5, 0.6) is 0 Å². The van der Waals surface area contributed by atoms with Crippen molar-refractivity contribution in [3.63, 3.8) is 0 Å². The zero-order chi connectivity index (χ0) is 24.8. The fourth-order valence-electron chi connectivity index (χ4n) is 4.36. The topological polar surface area (TPSA) is 98.6 Å². The number of amides is 2. The van der Waals surface area contributed by atoms with E-state index in [1.54, 1.807) is 4.90 Å². The molecule has 1 aromatic heterocycles. The van der Waals surface area contributed by atoms with Crippen LogP contribution in [0.25, 0.3) is 0 Å². The normalized spacial score (nSPS) is 17.1. The number of hydrogen-bond donors (Lipinski definition) is 1. The smallest absolute Gasteiger partial charge is 0.407 e. The molecule has 0 spiro atoms. The molecule has 178 valence electrons. The number of nitriles is 1. The van der Waals surface area contributed by atoms with Gasteiger partial charge in [-0.15, -0.1) is 0 Å². The summed E-state index contributed by atoms with van der Waals surface area (Å²) in [5, 5.41) is 12.7. The van der Waals surface area contributed by atoms with Gasteiger partial charge in [0.15, 0.2) is 0 Å². The molecular formula is C26H31N5O3. The molecule has 34 heavy (non-hydrogen) atoms. The van der Waals surface area contributed by atoms with Gasteiger partial charge >= 0.3 is 6.09 Å². The molecule has 2 heterocycles. The van der Waals surface area contributed by atoms with Gasteiger partial charge in [0.2, 0.25) is 5.91 Å². The van der Waals surface area contributed by atoms with Crippen molar-refractivity contribution in [3.05, 3.63) is 65.4 Å². The van der Waals surface area contributed by atoms with Crippen LogP contribution in [-0.2, 0) is 9.53 Å². The van der Waals surface area contributed by atoms with Gasteiger partial charge in [0, 0.05) is 24.5 Å². The molecule has 0 saturated carbocycles. The van der Waals surface area contributed by atoms with Gasteiger partial charge in [-0.3, -0.25) is 4.79 Å². The van der Waals surface area contributed by atoms with Crippen molar-refractivity contribution >= 4 is 23.5 Å². The Hall–Kier alpha value is -3.86. The number of alkyl carbamates (subject to hydrolysis) is 1. The summed E-state index contributed by atoms with van der Waals surface area (Å²) in [6.45, 7) is 12.1. The quantitative estimate of drug-likeness (QED) is 0.630. The Kier molecular flexibility index (Phi) is 7.90. The number of hydrogen-bond acceptors (Lipinski definition) is 6. The molecule has 8 heteroatoms. The lowest BCUT2D eigenvalue weighted by atomic mass is 10.1. The minimum atomic E-state index is -0.606. The van der Waals surface area contributed by atoms with Gasteiger partial charge in [0.25, 0.3) is 0 Å². The van der Waals surface area contributed by atoms with E-state index < -0.39 is 12.1 Å². The number of benzene rings is 1. The maximum absolute atomic E-state index is 13.9. The standard InChI is InChI=1S/C26H31N5O3/c1-6-11-34-26(33)29-20-14-23(25(32)30(7-2)21-10-8-9-17(3)12-21)31(16-20)24-22(15-27)18(4)13-19(5)28-24/h6,8-10,12-13,20,23H,1,7,11,14,16H2,2-5H3,(H,29,33)/t20-,23-/m0/s1. The number of nitrogens with one attached hydrogen (secondary N) is 1. The van der Waals surface area contributed by atoms with Gasteiger partial charge in [-0.1, -0.05) is 24.8 Å². The van der Waals surface area contributed by atoms with Gasteiger partial charge in [-0.25, -0.2) is 9.78 Å². The molecule has 0 bridgehead atoms. The molecule has 0 aliphatic carbocycles. The molecule has 0 unspecified atom stereocenters. The monoisotopic (exact) mass is 461 g/mol. The predicted octanol–water partition coefficient (Wildman–Crippen LogP) is 3.79. The number of anilines is 2. The Bertz CT molecular complexity index is 1120. The Balaban J connectivity index is 1.99. The summed E-state index contributed by atoms with van der Waals surface area (Å²) in [7, 11) is 0. The average Bonchev–Trinajstić information content (AvgIpc) is 3.21. The van der Waals surface area contributed by atoms with E-state index in [0.717, 1.165) is 22.5 Å². The Morgan fingerprint density at radius 3 is 2.76 bits per heavy atom. The number of ether oxygens (including phenoxy) is 1. The van der Waals surface area contributed by atoms with E-state index in [0.29, 0.717) is 30.9 Å². The highest BCUT2D eigenvalue weighted by Gasteiger charge is 2.41. The molecule has 1 aliphatic rings. The van der Waals surface area contributed by atoms with Crippen molar-refractivity contribution in [3.8, 4) is 6.07 Å². The van der Waals surface area contributed by atoms with E-state index in [-0.39, 0.29) is 18.6 Å². The van der Waals surface area contributed by atoms with Gasteiger partial charge in [-0.05, 0) is 63.4 Å². The third-order valence-electron chi connectivity index (χ3n) is 5.85. The number of rotatable bonds is 7. The van der Waals surface area contributed by atoms with Crippen LogP contribution in [0.1, 0.15) is 35.7 Å². The largest absolute Gasteiger partial charge is 0.445 e. The summed E-state index contributed by atoms with van der Waals surface area (Å²) in [4.78, 5) is 34.3. The number of carbonyl (C=O) groups is 2. The lowest BCUT2D eigenvalue weighted by Crippen LogP contribution is -2.46. The summed E-state index contributed by atoms with van der Waals surface area (Å²) < 4.78 is 5.07. The maximum atomic E-state index is 13.9. The second-order valence-corrected chi connectivity index (χ2v) is 8.44. The minimum absolute atomic E-state index is 0.0960. The molecule has 1 aromatic carbocycles. The van der Waals surface area contributed by atoms with Gasteiger partial charge < -0.3 is 19.9 Å². The number of pyridine rings is 1. The fraction of sp³-hybridized carbons (Fsp3) is 0.385. The first-order valence-electron chi connectivity index (χ1n) is 11.4. The summed E-state index contributed by atoms with van der Waals surface area (Å²) in [6.07, 6.45) is 1.29. The Morgan fingerprint density at radius 1 is 1.35 bits per heavy atom. The number of aromatic nitrogens is 1. The summed E-state index contributed by atoms with van der Waals surface area (Å²) in [5.74, 6) is 0.351. The second kappa shape index (κ2) is 10.8. The Morgan fingerprint density at radius 2 is 2.12 bits per heavy atom. The predicted molar refractivity (Wildman–Crippen MR) is 132 cm³/mol. The lowest BCUT2D eigenvalue weighted by Gasteiger charge is -2.31. The van der Waals surface area contributed by atoms with E-state index in [1.165, 1.54) is 6.08 Å². The number of likely N-dealkylation sites (N-methyl/N-ethyl adjacent to an activating group) is 1. The molecule has 2 amide bonds. The molecule has 1 saturated heterocycles. The van der Waals surface area contributed by atoms with E-state index >= 15 is 0 Å². The van der Waals surface area contributed by atoms with Crippen LogP contribution in [-0.4, -0.2) is 48.8 Å². The first-order valence-corrected chi connectivity index (χ1v) is 11.4. The van der Waals surface area contributed by atoms with Crippen molar-refractivity contribution in [2.45, 2.75) is 46.2 Å². The fourth-order valence-corrected chi connectivity index (χ4v) is 4.36. The Labute approximate surface area is 200 Å². The van der Waals surface area contributed by atoms with Crippen molar-refractivity contribution in [2.24, 2.45) is 0 Å². The van der Waals surface area contributed by atoms with Crippen LogP contribution in [0.15, 0.2) is 43.0 Å². The lowest BCUT2D eigenvalue weighted by molar-refractivity contribution is -0.119. The SMILES string of the molecule is C=CCOC(=O)N[C@H]1C[C@@H](C(=O)N(CC)c2cccc(C)c2)N(c2nc(C)cc(C)c2C#N)C1. The van der Waals surface area contributed by atoms with Gasteiger partial charge in [0.05, 0.1) is 11.6 Å². The molecule has 3 rings (SSSR count).